The SMILES string of the molecule is CC1C=CC=CC1(C)OC(=O)c1ccc(F)cc1F. The van der Waals surface area contributed by atoms with Gasteiger partial charge in [0.05, 0.1) is 5.56 Å². The van der Waals surface area contributed by atoms with Gasteiger partial charge in [0, 0.05) is 12.0 Å². The Hall–Kier alpha value is -1.97. The first-order valence-corrected chi connectivity index (χ1v) is 5.97. The van der Waals surface area contributed by atoms with Crippen molar-refractivity contribution in [1.82, 2.24) is 0 Å². The van der Waals surface area contributed by atoms with Crippen molar-refractivity contribution >= 4 is 5.97 Å². The largest absolute Gasteiger partial charge is 0.451 e. The van der Waals surface area contributed by atoms with Gasteiger partial charge in [-0.1, -0.05) is 25.2 Å². The Morgan fingerprint density at radius 3 is 2.68 bits per heavy atom. The first kappa shape index (κ1) is 13.5. The van der Waals surface area contributed by atoms with Crippen molar-refractivity contribution in [3.8, 4) is 0 Å². The summed E-state index contributed by atoms with van der Waals surface area (Å²) in [5.41, 5.74) is -1.09. The third kappa shape index (κ3) is 2.72. The molecular weight excluding hydrogens is 250 g/mol. The summed E-state index contributed by atoms with van der Waals surface area (Å²) in [4.78, 5) is 12.0. The van der Waals surface area contributed by atoms with Crippen molar-refractivity contribution in [3.63, 3.8) is 0 Å². The molecule has 0 radical (unpaired) electrons. The lowest BCUT2D eigenvalue weighted by Crippen LogP contribution is -2.36. The van der Waals surface area contributed by atoms with Crippen LogP contribution in [0.5, 0.6) is 0 Å². The minimum atomic E-state index is -0.920. The Labute approximate surface area is 110 Å². The molecule has 0 fully saturated rings. The lowest BCUT2D eigenvalue weighted by Gasteiger charge is -2.32. The molecule has 0 amide bonds. The molecular formula is C15H14F2O2. The standard InChI is InChI=1S/C15H14F2O2/c1-10-5-3-4-8-15(10,2)19-14(18)12-7-6-11(16)9-13(12)17/h3-10H,1-2H3. The molecule has 1 aromatic rings. The predicted octanol–water partition coefficient (Wildman–Crippen LogP) is 3.64. The molecule has 0 aromatic heterocycles. The molecule has 0 N–H and O–H groups in total. The van der Waals surface area contributed by atoms with Crippen LogP contribution in [0.25, 0.3) is 0 Å². The quantitative estimate of drug-likeness (QED) is 0.762. The van der Waals surface area contributed by atoms with Gasteiger partial charge in [0.1, 0.15) is 17.2 Å². The molecule has 1 aliphatic carbocycles. The molecule has 0 saturated heterocycles. The zero-order valence-corrected chi connectivity index (χ0v) is 10.7. The molecule has 0 saturated carbocycles. The highest BCUT2D eigenvalue weighted by atomic mass is 19.1. The minimum Gasteiger partial charge on any atom is -0.451 e. The van der Waals surface area contributed by atoms with Crippen LogP contribution in [0.3, 0.4) is 0 Å². The fourth-order valence-electron chi connectivity index (χ4n) is 1.86. The molecule has 0 bridgehead atoms. The zero-order chi connectivity index (χ0) is 14.0. The zero-order valence-electron chi connectivity index (χ0n) is 10.7. The lowest BCUT2D eigenvalue weighted by molar-refractivity contribution is -0.00346. The molecule has 2 nitrogen and oxygen atoms in total. The number of hydrogen-bond donors (Lipinski definition) is 0. The molecule has 2 unspecified atom stereocenters. The van der Waals surface area contributed by atoms with Crippen molar-refractivity contribution in [3.05, 3.63) is 59.7 Å². The topological polar surface area (TPSA) is 26.3 Å². The monoisotopic (exact) mass is 264 g/mol. The van der Waals surface area contributed by atoms with Gasteiger partial charge in [-0.25, -0.2) is 13.6 Å². The van der Waals surface area contributed by atoms with Gasteiger partial charge in [0.15, 0.2) is 0 Å². The molecule has 19 heavy (non-hydrogen) atoms. The van der Waals surface area contributed by atoms with E-state index in [4.69, 9.17) is 4.74 Å². The van der Waals surface area contributed by atoms with Crippen LogP contribution in [0.2, 0.25) is 0 Å². The van der Waals surface area contributed by atoms with Crippen LogP contribution in [0.15, 0.2) is 42.5 Å². The maximum absolute atomic E-state index is 13.5. The van der Waals surface area contributed by atoms with Gasteiger partial charge >= 0.3 is 5.97 Å². The fraction of sp³-hybridized carbons (Fsp3) is 0.267. The number of halogens is 2. The summed E-state index contributed by atoms with van der Waals surface area (Å²) in [7, 11) is 0. The van der Waals surface area contributed by atoms with Gasteiger partial charge in [-0.05, 0) is 25.1 Å². The maximum Gasteiger partial charge on any atom is 0.342 e. The molecule has 1 aromatic carbocycles. The first-order chi connectivity index (χ1) is 8.92. The van der Waals surface area contributed by atoms with E-state index in [-0.39, 0.29) is 11.5 Å². The molecule has 1 aliphatic rings. The molecule has 0 aliphatic heterocycles. The van der Waals surface area contributed by atoms with E-state index in [0.717, 1.165) is 12.1 Å². The molecule has 0 spiro atoms. The van der Waals surface area contributed by atoms with E-state index in [2.05, 4.69) is 0 Å². The summed E-state index contributed by atoms with van der Waals surface area (Å²) >= 11 is 0. The number of benzene rings is 1. The Morgan fingerprint density at radius 2 is 2.05 bits per heavy atom. The van der Waals surface area contributed by atoms with Crippen molar-refractivity contribution in [2.45, 2.75) is 19.4 Å². The van der Waals surface area contributed by atoms with E-state index in [0.29, 0.717) is 6.07 Å². The van der Waals surface area contributed by atoms with Crippen LogP contribution in [-0.4, -0.2) is 11.6 Å². The second-order valence-electron chi connectivity index (χ2n) is 4.73. The van der Waals surface area contributed by atoms with E-state index < -0.39 is 23.2 Å². The third-order valence-corrected chi connectivity index (χ3v) is 3.31. The maximum atomic E-state index is 13.5. The molecule has 2 rings (SSSR count). The van der Waals surface area contributed by atoms with E-state index in [1.165, 1.54) is 0 Å². The van der Waals surface area contributed by atoms with Gasteiger partial charge in [0.2, 0.25) is 0 Å². The van der Waals surface area contributed by atoms with E-state index in [1.807, 2.05) is 19.1 Å². The van der Waals surface area contributed by atoms with Gasteiger partial charge in [-0.15, -0.1) is 0 Å². The average Bonchev–Trinajstić information content (AvgIpc) is 2.33. The Balaban J connectivity index is 2.22. The summed E-state index contributed by atoms with van der Waals surface area (Å²) in [6.07, 6.45) is 7.28. The van der Waals surface area contributed by atoms with Crippen LogP contribution in [0.1, 0.15) is 24.2 Å². The highest BCUT2D eigenvalue weighted by molar-refractivity contribution is 5.90. The summed E-state index contributed by atoms with van der Waals surface area (Å²) in [5.74, 6) is -2.47. The number of ether oxygens (including phenoxy) is 1. The van der Waals surface area contributed by atoms with E-state index in [9.17, 15) is 13.6 Å². The Bertz CT molecular complexity index is 563. The second kappa shape index (κ2) is 4.96. The Morgan fingerprint density at radius 1 is 1.32 bits per heavy atom. The van der Waals surface area contributed by atoms with Crippen LogP contribution in [0, 0.1) is 17.6 Å². The number of carbonyl (C=O) groups excluding carboxylic acids is 1. The molecule has 0 heterocycles. The first-order valence-electron chi connectivity index (χ1n) is 5.97. The molecule has 4 heteroatoms. The summed E-state index contributed by atoms with van der Waals surface area (Å²) < 4.78 is 31.7. The summed E-state index contributed by atoms with van der Waals surface area (Å²) in [5, 5.41) is 0. The highest BCUT2D eigenvalue weighted by Gasteiger charge is 2.33. The average molecular weight is 264 g/mol. The third-order valence-electron chi connectivity index (χ3n) is 3.31. The van der Waals surface area contributed by atoms with Crippen molar-refractivity contribution in [1.29, 1.82) is 0 Å². The summed E-state index contributed by atoms with van der Waals surface area (Å²) in [6, 6.07) is 2.78. The van der Waals surface area contributed by atoms with E-state index >= 15 is 0 Å². The van der Waals surface area contributed by atoms with Crippen molar-refractivity contribution < 1.29 is 18.3 Å². The van der Waals surface area contributed by atoms with Gasteiger partial charge in [-0.3, -0.25) is 0 Å². The predicted molar refractivity (Wildman–Crippen MR) is 67.6 cm³/mol. The van der Waals surface area contributed by atoms with Crippen LogP contribution < -0.4 is 0 Å². The fourth-order valence-corrected chi connectivity index (χ4v) is 1.86. The number of rotatable bonds is 2. The number of hydrogen-bond acceptors (Lipinski definition) is 2. The Kier molecular flexibility index (Phi) is 3.51. The van der Waals surface area contributed by atoms with Gasteiger partial charge in [-0.2, -0.15) is 0 Å². The van der Waals surface area contributed by atoms with Crippen molar-refractivity contribution in [2.75, 3.05) is 0 Å². The van der Waals surface area contributed by atoms with Gasteiger partial charge < -0.3 is 4.74 Å². The highest BCUT2D eigenvalue weighted by Crippen LogP contribution is 2.29. The lowest BCUT2D eigenvalue weighted by atomic mass is 9.87. The smallest absolute Gasteiger partial charge is 0.342 e. The van der Waals surface area contributed by atoms with Crippen LogP contribution in [0.4, 0.5) is 8.78 Å². The molecule has 100 valence electrons. The number of esters is 1. The van der Waals surface area contributed by atoms with Crippen LogP contribution in [-0.2, 0) is 4.74 Å². The second-order valence-corrected chi connectivity index (χ2v) is 4.73. The minimum absolute atomic E-state index is 0.0232. The molecule has 2 atom stereocenters. The van der Waals surface area contributed by atoms with Crippen molar-refractivity contribution in [2.24, 2.45) is 5.92 Å². The summed E-state index contributed by atoms with van der Waals surface area (Å²) in [6.45, 7) is 3.64. The van der Waals surface area contributed by atoms with Crippen LogP contribution >= 0.6 is 0 Å². The number of carbonyl (C=O) groups is 1. The van der Waals surface area contributed by atoms with E-state index in [1.54, 1.807) is 19.1 Å². The number of allylic oxidation sites excluding steroid dienone is 2. The normalized spacial score (nSPS) is 25.4. The van der Waals surface area contributed by atoms with Gasteiger partial charge in [0.25, 0.3) is 0 Å².